The topological polar surface area (TPSA) is 85.2 Å². The van der Waals surface area contributed by atoms with Gasteiger partial charge in [0, 0.05) is 24.5 Å². The molecule has 1 aromatic heterocycles. The summed E-state index contributed by atoms with van der Waals surface area (Å²) in [6.45, 7) is 0. The number of carbonyl (C=O) groups excluding carboxylic acids is 2. The van der Waals surface area contributed by atoms with Crippen molar-refractivity contribution < 1.29 is 27.5 Å². The smallest absolute Gasteiger partial charge is 0.416 e. The number of rotatable bonds is 5. The van der Waals surface area contributed by atoms with Crippen molar-refractivity contribution in [3.05, 3.63) is 70.4 Å². The molecule has 0 aliphatic heterocycles. The molecule has 0 spiro atoms. The molecule has 0 aliphatic carbocycles. The third-order valence-corrected chi connectivity index (χ3v) is 4.51. The first kappa shape index (κ1) is 22.2. The molecule has 7 nitrogen and oxygen atoms in total. The molecular formula is C20H16ClF3N4O3. The summed E-state index contributed by atoms with van der Waals surface area (Å²) >= 11 is 5.90. The largest absolute Gasteiger partial charge is 0.479 e. The van der Waals surface area contributed by atoms with Crippen LogP contribution in [0.3, 0.4) is 0 Å². The van der Waals surface area contributed by atoms with Crippen LogP contribution in [0.2, 0.25) is 5.02 Å². The van der Waals surface area contributed by atoms with E-state index in [1.165, 1.54) is 42.3 Å². The molecule has 31 heavy (non-hydrogen) atoms. The average Bonchev–Trinajstić information content (AvgIpc) is 3.10. The van der Waals surface area contributed by atoms with Gasteiger partial charge in [0.05, 0.1) is 23.4 Å². The number of alkyl halides is 3. The van der Waals surface area contributed by atoms with Gasteiger partial charge in [0.15, 0.2) is 0 Å². The molecule has 162 valence electrons. The molecular weight excluding hydrogens is 437 g/mol. The SMILES string of the molecule is COc1nn(C)cc1C(=O)Nc1ccc(C(=O)Nc2cc(C(F)(F)F)ccc2Cl)cc1. The van der Waals surface area contributed by atoms with Crippen molar-refractivity contribution in [3.8, 4) is 5.88 Å². The maximum absolute atomic E-state index is 12.9. The lowest BCUT2D eigenvalue weighted by atomic mass is 10.1. The minimum Gasteiger partial charge on any atom is -0.479 e. The number of amides is 2. The summed E-state index contributed by atoms with van der Waals surface area (Å²) in [6.07, 6.45) is -3.07. The number of hydrogen-bond donors (Lipinski definition) is 2. The van der Waals surface area contributed by atoms with Crippen LogP contribution in [0.1, 0.15) is 26.3 Å². The van der Waals surface area contributed by atoms with Gasteiger partial charge in [-0.3, -0.25) is 14.3 Å². The molecule has 0 atom stereocenters. The van der Waals surface area contributed by atoms with Gasteiger partial charge in [-0.15, -0.1) is 5.10 Å². The molecule has 0 bridgehead atoms. The molecule has 0 saturated carbocycles. The summed E-state index contributed by atoms with van der Waals surface area (Å²) in [4.78, 5) is 24.8. The predicted octanol–water partition coefficient (Wildman–Crippen LogP) is 4.61. The van der Waals surface area contributed by atoms with Crippen molar-refractivity contribution in [3.63, 3.8) is 0 Å². The third-order valence-electron chi connectivity index (χ3n) is 4.18. The number of benzene rings is 2. The van der Waals surface area contributed by atoms with Crippen LogP contribution >= 0.6 is 11.6 Å². The Balaban J connectivity index is 1.71. The quantitative estimate of drug-likeness (QED) is 0.592. The van der Waals surface area contributed by atoms with Crippen molar-refractivity contribution in [1.29, 1.82) is 0 Å². The highest BCUT2D eigenvalue weighted by molar-refractivity contribution is 6.34. The Bertz CT molecular complexity index is 1130. The van der Waals surface area contributed by atoms with E-state index in [0.29, 0.717) is 5.69 Å². The molecule has 2 aromatic carbocycles. The van der Waals surface area contributed by atoms with Gasteiger partial charge in [-0.1, -0.05) is 11.6 Å². The van der Waals surface area contributed by atoms with Crippen LogP contribution in [0.5, 0.6) is 5.88 Å². The monoisotopic (exact) mass is 452 g/mol. The van der Waals surface area contributed by atoms with E-state index in [1.54, 1.807) is 7.05 Å². The normalized spacial score (nSPS) is 11.2. The zero-order valence-corrected chi connectivity index (χ0v) is 17.0. The Labute approximate surface area is 179 Å². The molecule has 0 aliphatic rings. The van der Waals surface area contributed by atoms with Crippen LogP contribution in [0.15, 0.2) is 48.7 Å². The molecule has 3 rings (SSSR count). The standard InChI is InChI=1S/C20H16ClF3N4O3/c1-28-10-14(19(27-28)31-2)18(30)25-13-6-3-11(4-7-13)17(29)26-16-9-12(20(22,23)24)5-8-15(16)21/h3-10H,1-2H3,(H,25,30)(H,26,29). The minimum absolute atomic E-state index is 0.0318. The van der Waals surface area contributed by atoms with Crippen LogP contribution in [0, 0.1) is 0 Å². The van der Waals surface area contributed by atoms with Crippen LogP contribution < -0.4 is 15.4 Å². The van der Waals surface area contributed by atoms with Crippen LogP contribution in [0.4, 0.5) is 24.5 Å². The van der Waals surface area contributed by atoms with Crippen LogP contribution in [-0.2, 0) is 13.2 Å². The highest BCUT2D eigenvalue weighted by atomic mass is 35.5. The number of hydrogen-bond acceptors (Lipinski definition) is 4. The first-order valence-electron chi connectivity index (χ1n) is 8.75. The van der Waals surface area contributed by atoms with Crippen LogP contribution in [0.25, 0.3) is 0 Å². The van der Waals surface area contributed by atoms with Crippen LogP contribution in [-0.4, -0.2) is 28.7 Å². The van der Waals surface area contributed by atoms with Crippen molar-refractivity contribution in [2.75, 3.05) is 17.7 Å². The predicted molar refractivity (Wildman–Crippen MR) is 109 cm³/mol. The van der Waals surface area contributed by atoms with E-state index in [1.807, 2.05) is 0 Å². The van der Waals surface area contributed by atoms with E-state index in [-0.39, 0.29) is 27.7 Å². The van der Waals surface area contributed by atoms with E-state index in [0.717, 1.165) is 18.2 Å². The van der Waals surface area contributed by atoms with E-state index in [4.69, 9.17) is 16.3 Å². The Hall–Kier alpha value is -3.53. The number of aromatic nitrogens is 2. The number of nitrogens with zero attached hydrogens (tertiary/aromatic N) is 2. The van der Waals surface area contributed by atoms with Crippen molar-refractivity contribution >= 4 is 34.8 Å². The lowest BCUT2D eigenvalue weighted by molar-refractivity contribution is -0.137. The maximum Gasteiger partial charge on any atom is 0.416 e. The second-order valence-electron chi connectivity index (χ2n) is 6.40. The number of carbonyl (C=O) groups is 2. The highest BCUT2D eigenvalue weighted by Gasteiger charge is 2.31. The molecule has 0 fully saturated rings. The summed E-state index contributed by atoms with van der Waals surface area (Å²) in [5.74, 6) is -0.958. The first-order chi connectivity index (χ1) is 14.6. The van der Waals surface area contributed by atoms with Gasteiger partial charge in [0.1, 0.15) is 5.56 Å². The summed E-state index contributed by atoms with van der Waals surface area (Å²) in [7, 11) is 3.03. The van der Waals surface area contributed by atoms with Gasteiger partial charge in [-0.05, 0) is 42.5 Å². The van der Waals surface area contributed by atoms with E-state index >= 15 is 0 Å². The maximum atomic E-state index is 12.9. The summed E-state index contributed by atoms with van der Waals surface area (Å²) in [5.41, 5.74) is -0.320. The molecule has 2 N–H and O–H groups in total. The fourth-order valence-electron chi connectivity index (χ4n) is 2.67. The fourth-order valence-corrected chi connectivity index (χ4v) is 2.83. The molecule has 11 heteroatoms. The summed E-state index contributed by atoms with van der Waals surface area (Å²) in [6, 6.07) is 8.42. The number of anilines is 2. The van der Waals surface area contributed by atoms with E-state index < -0.39 is 23.6 Å². The molecule has 0 saturated heterocycles. The van der Waals surface area contributed by atoms with Crippen molar-refractivity contribution in [2.45, 2.75) is 6.18 Å². The third kappa shape index (κ3) is 5.15. The zero-order valence-electron chi connectivity index (χ0n) is 16.2. The minimum atomic E-state index is -4.57. The lowest BCUT2D eigenvalue weighted by Gasteiger charge is -2.12. The van der Waals surface area contributed by atoms with Gasteiger partial charge in [-0.25, -0.2) is 0 Å². The van der Waals surface area contributed by atoms with Gasteiger partial charge in [0.2, 0.25) is 5.88 Å². The average molecular weight is 453 g/mol. The summed E-state index contributed by atoms with van der Waals surface area (Å²) < 4.78 is 45.1. The molecule has 0 radical (unpaired) electrons. The lowest BCUT2D eigenvalue weighted by Crippen LogP contribution is -2.15. The van der Waals surface area contributed by atoms with Crippen molar-refractivity contribution in [2.24, 2.45) is 7.05 Å². The van der Waals surface area contributed by atoms with Gasteiger partial charge in [0.25, 0.3) is 11.8 Å². The second kappa shape index (κ2) is 8.68. The van der Waals surface area contributed by atoms with Gasteiger partial charge < -0.3 is 15.4 Å². The van der Waals surface area contributed by atoms with Gasteiger partial charge in [-0.2, -0.15) is 13.2 Å². The summed E-state index contributed by atoms with van der Waals surface area (Å²) in [5, 5.41) is 8.97. The Morgan fingerprint density at radius 1 is 1.06 bits per heavy atom. The second-order valence-corrected chi connectivity index (χ2v) is 6.81. The number of methoxy groups -OCH3 is 1. The highest BCUT2D eigenvalue weighted by Crippen LogP contribution is 2.34. The Kier molecular flexibility index (Phi) is 6.21. The van der Waals surface area contributed by atoms with E-state index in [2.05, 4.69) is 15.7 Å². The number of ether oxygens (including phenoxy) is 1. The van der Waals surface area contributed by atoms with Gasteiger partial charge >= 0.3 is 6.18 Å². The molecule has 3 aromatic rings. The number of nitrogens with one attached hydrogen (secondary N) is 2. The molecule has 1 heterocycles. The van der Waals surface area contributed by atoms with Crippen molar-refractivity contribution in [1.82, 2.24) is 9.78 Å². The Morgan fingerprint density at radius 3 is 2.35 bits per heavy atom. The first-order valence-corrected chi connectivity index (χ1v) is 9.13. The fraction of sp³-hybridized carbons (Fsp3) is 0.150. The number of aryl methyl sites for hydroxylation is 1. The Morgan fingerprint density at radius 2 is 1.74 bits per heavy atom. The molecule has 0 unspecified atom stereocenters. The molecule has 2 amide bonds. The number of halogens is 4. The zero-order chi connectivity index (χ0) is 22.8. The van der Waals surface area contributed by atoms with E-state index in [9.17, 15) is 22.8 Å².